The minimum absolute atomic E-state index is 0. The van der Waals surface area contributed by atoms with Gasteiger partial charge in [-0.05, 0) is 35.4 Å². The lowest BCUT2D eigenvalue weighted by Gasteiger charge is -2.14. The molecule has 0 unspecified atom stereocenters. The lowest BCUT2D eigenvalue weighted by Crippen LogP contribution is -2.36. The van der Waals surface area contributed by atoms with Crippen LogP contribution in [0.25, 0.3) is 0 Å². The summed E-state index contributed by atoms with van der Waals surface area (Å²) in [6.45, 7) is 0.984. The third-order valence-electron chi connectivity index (χ3n) is 3.88. The Morgan fingerprint density at radius 2 is 1.33 bits per heavy atom. The van der Waals surface area contributed by atoms with Gasteiger partial charge in [0, 0.05) is 39.9 Å². The second-order valence-electron chi connectivity index (χ2n) is 6.03. The van der Waals surface area contributed by atoms with E-state index < -0.39 is 11.7 Å². The first-order chi connectivity index (χ1) is 12.3. The maximum atomic E-state index is 12.6. The predicted octanol–water partition coefficient (Wildman–Crippen LogP) is 4.25. The maximum absolute atomic E-state index is 12.6. The van der Waals surface area contributed by atoms with Gasteiger partial charge < -0.3 is 15.5 Å². The zero-order valence-corrected chi connectivity index (χ0v) is 17.8. The number of anilines is 1. The molecule has 27 heavy (non-hydrogen) atoms. The second kappa shape index (κ2) is 10.4. The van der Waals surface area contributed by atoms with Crippen LogP contribution in [0, 0.1) is 0 Å². The van der Waals surface area contributed by atoms with Gasteiger partial charge in [0.2, 0.25) is 0 Å². The molecule has 0 aliphatic heterocycles. The highest BCUT2D eigenvalue weighted by atomic mass is 127. The number of aliphatic imine (C=N–C) groups is 1. The number of hydrogen-bond acceptors (Lipinski definition) is 2. The smallest absolute Gasteiger partial charge is 0.378 e. The van der Waals surface area contributed by atoms with Crippen molar-refractivity contribution < 1.29 is 13.2 Å². The van der Waals surface area contributed by atoms with Crippen LogP contribution in [0.3, 0.4) is 0 Å². The van der Waals surface area contributed by atoms with Crippen LogP contribution in [0.15, 0.2) is 53.5 Å². The molecule has 2 aromatic rings. The fraction of sp³-hybridized carbons (Fsp3) is 0.316. The Balaban J connectivity index is 0.00000364. The van der Waals surface area contributed by atoms with Crippen molar-refractivity contribution in [3.05, 3.63) is 65.2 Å². The van der Waals surface area contributed by atoms with E-state index >= 15 is 0 Å². The molecule has 0 aliphatic rings. The van der Waals surface area contributed by atoms with Crippen molar-refractivity contribution in [1.82, 2.24) is 10.6 Å². The number of halogens is 4. The molecule has 0 amide bonds. The lowest BCUT2D eigenvalue weighted by atomic mass is 10.1. The van der Waals surface area contributed by atoms with Gasteiger partial charge in [0.05, 0.1) is 5.56 Å². The third kappa shape index (κ3) is 7.28. The van der Waals surface area contributed by atoms with E-state index in [0.29, 0.717) is 19.0 Å². The summed E-state index contributed by atoms with van der Waals surface area (Å²) in [5, 5.41) is 6.28. The highest BCUT2D eigenvalue weighted by Crippen LogP contribution is 2.29. The van der Waals surface area contributed by atoms with E-state index in [0.717, 1.165) is 28.9 Å². The van der Waals surface area contributed by atoms with Crippen LogP contribution < -0.4 is 15.5 Å². The molecule has 0 heterocycles. The van der Waals surface area contributed by atoms with Gasteiger partial charge >= 0.3 is 6.18 Å². The minimum atomic E-state index is -4.31. The number of guanidine groups is 1. The maximum Gasteiger partial charge on any atom is 0.416 e. The third-order valence-corrected chi connectivity index (χ3v) is 3.88. The molecule has 0 atom stereocenters. The second-order valence-corrected chi connectivity index (χ2v) is 6.03. The van der Waals surface area contributed by atoms with Crippen molar-refractivity contribution in [3.8, 4) is 0 Å². The van der Waals surface area contributed by atoms with Crippen LogP contribution in [-0.4, -0.2) is 27.1 Å². The normalized spacial score (nSPS) is 11.6. The molecule has 0 aliphatic carbocycles. The van der Waals surface area contributed by atoms with E-state index in [2.05, 4.69) is 15.6 Å². The van der Waals surface area contributed by atoms with E-state index in [9.17, 15) is 13.2 Å². The van der Waals surface area contributed by atoms with Crippen molar-refractivity contribution in [3.63, 3.8) is 0 Å². The molecule has 0 saturated carbocycles. The summed E-state index contributed by atoms with van der Waals surface area (Å²) in [7, 11) is 5.62. The zero-order chi connectivity index (χ0) is 19.2. The number of nitrogens with zero attached hydrogens (tertiary/aromatic N) is 2. The van der Waals surface area contributed by atoms with Gasteiger partial charge in [-0.1, -0.05) is 24.3 Å². The van der Waals surface area contributed by atoms with Gasteiger partial charge in [0.15, 0.2) is 5.96 Å². The van der Waals surface area contributed by atoms with Crippen LogP contribution in [-0.2, 0) is 19.3 Å². The monoisotopic (exact) mass is 492 g/mol. The topological polar surface area (TPSA) is 39.7 Å². The van der Waals surface area contributed by atoms with Gasteiger partial charge in [0.25, 0.3) is 0 Å². The molecule has 2 aromatic carbocycles. The first-order valence-corrected chi connectivity index (χ1v) is 8.16. The predicted molar refractivity (Wildman–Crippen MR) is 115 cm³/mol. The van der Waals surface area contributed by atoms with E-state index in [4.69, 9.17) is 0 Å². The average molecular weight is 492 g/mol. The van der Waals surface area contributed by atoms with E-state index in [-0.39, 0.29) is 24.0 Å². The Bertz CT molecular complexity index is 726. The Hall–Kier alpha value is -1.97. The first kappa shape index (κ1) is 23.1. The van der Waals surface area contributed by atoms with Crippen LogP contribution in [0.4, 0.5) is 18.9 Å². The molecule has 0 fully saturated rings. The van der Waals surface area contributed by atoms with Crippen LogP contribution in [0.5, 0.6) is 0 Å². The molecule has 0 radical (unpaired) electrons. The first-order valence-electron chi connectivity index (χ1n) is 8.16. The Labute approximate surface area is 174 Å². The Morgan fingerprint density at radius 1 is 0.889 bits per heavy atom. The summed E-state index contributed by atoms with van der Waals surface area (Å²) in [6, 6.07) is 13.2. The number of nitrogens with one attached hydrogen (secondary N) is 2. The lowest BCUT2D eigenvalue weighted by molar-refractivity contribution is -0.137. The van der Waals surface area contributed by atoms with Crippen LogP contribution in [0.1, 0.15) is 16.7 Å². The summed E-state index contributed by atoms with van der Waals surface area (Å²) < 4.78 is 37.7. The molecule has 0 bridgehead atoms. The summed E-state index contributed by atoms with van der Waals surface area (Å²) in [5.74, 6) is 0.585. The minimum Gasteiger partial charge on any atom is -0.378 e. The Morgan fingerprint density at radius 3 is 1.70 bits per heavy atom. The SMILES string of the molecule is CN=C(NCc1ccc(N(C)C)cc1)NCc1ccc(C(F)(F)F)cc1.I. The quantitative estimate of drug-likeness (QED) is 0.373. The van der Waals surface area contributed by atoms with Gasteiger partial charge in [-0.25, -0.2) is 0 Å². The van der Waals surface area contributed by atoms with Crippen molar-refractivity contribution >= 4 is 35.6 Å². The van der Waals surface area contributed by atoms with Gasteiger partial charge in [0.1, 0.15) is 0 Å². The van der Waals surface area contributed by atoms with Crippen LogP contribution >= 0.6 is 24.0 Å². The fourth-order valence-corrected chi connectivity index (χ4v) is 2.32. The summed E-state index contributed by atoms with van der Waals surface area (Å²) in [5.41, 5.74) is 2.33. The number of benzene rings is 2. The highest BCUT2D eigenvalue weighted by molar-refractivity contribution is 14.0. The van der Waals surface area contributed by atoms with Crippen molar-refractivity contribution in [2.75, 3.05) is 26.0 Å². The summed E-state index contributed by atoms with van der Waals surface area (Å²) in [4.78, 5) is 6.16. The molecule has 148 valence electrons. The fourth-order valence-electron chi connectivity index (χ4n) is 2.32. The molecule has 0 saturated heterocycles. The van der Waals surface area contributed by atoms with Gasteiger partial charge in [-0.2, -0.15) is 13.2 Å². The zero-order valence-electron chi connectivity index (χ0n) is 15.5. The van der Waals surface area contributed by atoms with E-state index in [1.165, 1.54) is 12.1 Å². The number of hydrogen-bond donors (Lipinski definition) is 2. The highest BCUT2D eigenvalue weighted by Gasteiger charge is 2.29. The molecular weight excluding hydrogens is 468 g/mol. The average Bonchev–Trinajstić information content (AvgIpc) is 2.62. The molecular formula is C19H24F3IN4. The molecule has 2 rings (SSSR count). The summed E-state index contributed by atoms with van der Waals surface area (Å²) >= 11 is 0. The van der Waals surface area contributed by atoms with Crippen molar-refractivity contribution in [2.24, 2.45) is 4.99 Å². The largest absolute Gasteiger partial charge is 0.416 e. The van der Waals surface area contributed by atoms with Crippen molar-refractivity contribution in [1.29, 1.82) is 0 Å². The number of rotatable bonds is 5. The summed E-state index contributed by atoms with van der Waals surface area (Å²) in [6.07, 6.45) is -4.31. The van der Waals surface area contributed by atoms with Gasteiger partial charge in [-0.3, -0.25) is 4.99 Å². The van der Waals surface area contributed by atoms with Crippen LogP contribution in [0.2, 0.25) is 0 Å². The molecule has 0 spiro atoms. The van der Waals surface area contributed by atoms with E-state index in [1.807, 2.05) is 43.3 Å². The standard InChI is InChI=1S/C19H23F3N4.HI/c1-23-18(25-13-15-6-10-17(11-7-15)26(2)3)24-12-14-4-8-16(9-5-14)19(20,21)22;/h4-11H,12-13H2,1-3H3,(H2,23,24,25);1H. The number of alkyl halides is 3. The molecule has 0 aromatic heterocycles. The molecule has 2 N–H and O–H groups in total. The van der Waals surface area contributed by atoms with Gasteiger partial charge in [-0.15, -0.1) is 24.0 Å². The van der Waals surface area contributed by atoms with E-state index in [1.54, 1.807) is 7.05 Å². The molecule has 4 nitrogen and oxygen atoms in total. The van der Waals surface area contributed by atoms with Crippen molar-refractivity contribution in [2.45, 2.75) is 19.3 Å². The Kier molecular flexibility index (Phi) is 8.87. The molecule has 8 heteroatoms.